The van der Waals surface area contributed by atoms with Crippen LogP contribution in [-0.2, 0) is 56.0 Å². The van der Waals surface area contributed by atoms with Gasteiger partial charge in [0.2, 0.25) is 35.4 Å². The summed E-state index contributed by atoms with van der Waals surface area (Å²) in [6.45, 7) is 2.63. The van der Waals surface area contributed by atoms with E-state index in [4.69, 9.17) is 40.3 Å². The van der Waals surface area contributed by atoms with Gasteiger partial charge in [-0.3, -0.25) is 53.1 Å². The highest BCUT2D eigenvalue weighted by Gasteiger charge is 2.36. The number of primary amides is 1. The summed E-state index contributed by atoms with van der Waals surface area (Å²) in [4.78, 5) is 136. The highest BCUT2D eigenvalue weighted by molar-refractivity contribution is 6.30. The number of aromatic nitrogens is 1. The Balaban J connectivity index is 1.77. The summed E-state index contributed by atoms with van der Waals surface area (Å²) in [6.07, 6.45) is -0.311. The van der Waals surface area contributed by atoms with Crippen LogP contribution in [0.5, 0.6) is 0 Å². The quantitative estimate of drug-likeness (QED) is 0.0485. The second-order valence-electron chi connectivity index (χ2n) is 18.9. The maximum atomic E-state index is 14.7. The van der Waals surface area contributed by atoms with Crippen molar-refractivity contribution >= 4 is 87.2 Å². The van der Waals surface area contributed by atoms with Crippen LogP contribution in [0.2, 0.25) is 5.02 Å². The van der Waals surface area contributed by atoms with Gasteiger partial charge in [-0.05, 0) is 94.0 Å². The molecule has 1 aliphatic rings. The lowest BCUT2D eigenvalue weighted by atomic mass is 9.83. The molecule has 0 radical (unpaired) electrons. The number of H-pyrrole nitrogens is 1. The number of carbonyl (C=O) groups is 9. The van der Waals surface area contributed by atoms with Crippen LogP contribution in [0.25, 0.3) is 10.9 Å². The van der Waals surface area contributed by atoms with Crippen LogP contribution in [-0.4, -0.2) is 124 Å². The number of aliphatic hydroxyl groups excluding tert-OH is 1. The fourth-order valence-electron chi connectivity index (χ4n) is 8.84. The number of benzene rings is 2. The number of amides is 6. The number of nitrogens with two attached hydrogens (primary N) is 5. The minimum Gasteiger partial charge on any atom is -0.391 e. The lowest BCUT2D eigenvalue weighted by Crippen LogP contribution is -2.60. The molecule has 0 saturated carbocycles. The standard InChI is InChI=1S/C51H72ClN13O10/c1-28(66)44-49(75)64-41(23-30-10-7-12-34(52)22-30)43(70)25-31(11-8-20-58-50(54)55)42(69)26-32(24-33-27-60-37-15-6-4-14-36(33)37)46(72)62-38(45(53)71)16-5-3-13-35(68)18-19-40(48(74)65-44)63-47(73)39(61-29(2)67)17-9-21-59-51(56)57/h4,6-7,10,12,14-15,22,27-28,31-32,38-41,44,60,66H,3,5,8-9,11,13,16-21,23-26H2,1-2H3,(H2,53,71)(H,61,67)(H,62,72)(H,63,73)(H,64,75)(H,65,74)(H4,54,55,58)(H4,56,57,59)/t28-,31-,32-,38+,39+,40+,41-,44+/m1/s1. The molecule has 1 fully saturated rings. The van der Waals surface area contributed by atoms with Gasteiger partial charge in [-0.2, -0.15) is 0 Å². The molecule has 0 spiro atoms. The molecule has 8 atom stereocenters. The molecule has 0 aliphatic carbocycles. The molecule has 6 amide bonds. The van der Waals surface area contributed by atoms with Gasteiger partial charge in [-0.1, -0.05) is 48.4 Å². The topological polar surface area (TPSA) is 405 Å². The number of nitrogens with one attached hydrogen (secondary N) is 6. The van der Waals surface area contributed by atoms with E-state index in [0.717, 1.165) is 10.9 Å². The number of fused-ring (bicyclic) bond motifs is 1. The number of rotatable bonds is 17. The second-order valence-corrected chi connectivity index (χ2v) is 19.4. The number of guanidine groups is 2. The number of aliphatic imine (C=N–C) groups is 2. The number of para-hydroxylation sites is 1. The molecule has 4 rings (SSSR count). The Morgan fingerprint density at radius 2 is 1.48 bits per heavy atom. The third kappa shape index (κ3) is 20.4. The van der Waals surface area contributed by atoms with E-state index in [1.54, 1.807) is 30.5 Å². The fourth-order valence-corrected chi connectivity index (χ4v) is 9.05. The van der Waals surface area contributed by atoms with Gasteiger partial charge in [0.25, 0.3) is 0 Å². The zero-order chi connectivity index (χ0) is 55.2. The SMILES string of the molecule is CC(=O)N[C@@H](CCCN=C(N)N)C(=O)N[C@H]1CCC(=O)CCCC[C@@H](C(N)=O)NC(=O)[C@H](Cc2c[nH]c3ccccc23)CC(=O)[C@H](CCCN=C(N)N)CC(=O)[C@@H](Cc2cccc(Cl)c2)NC(=O)[C@H]([C@@H](C)O)NC1=O. The molecule has 0 bridgehead atoms. The van der Waals surface area contributed by atoms with E-state index in [2.05, 4.69) is 41.6 Å². The number of carbonyl (C=O) groups excluding carboxylic acids is 9. The van der Waals surface area contributed by atoms with Crippen LogP contribution >= 0.6 is 11.6 Å². The van der Waals surface area contributed by atoms with Gasteiger partial charge in [0, 0.05) is 79.7 Å². The summed E-state index contributed by atoms with van der Waals surface area (Å²) in [5.41, 5.74) is 29.8. The van der Waals surface area contributed by atoms with Crippen molar-refractivity contribution in [1.82, 2.24) is 31.6 Å². The molecule has 1 aliphatic heterocycles. The average Bonchev–Trinajstić information content (AvgIpc) is 3.75. The molecule has 3 aromatic rings. The molecule has 1 aromatic heterocycles. The number of aliphatic hydroxyl groups is 1. The van der Waals surface area contributed by atoms with Crippen LogP contribution in [0.1, 0.15) is 102 Å². The highest BCUT2D eigenvalue weighted by Crippen LogP contribution is 2.27. The van der Waals surface area contributed by atoms with Crippen LogP contribution in [0.15, 0.2) is 64.7 Å². The van der Waals surface area contributed by atoms with E-state index in [-0.39, 0.29) is 114 Å². The van der Waals surface area contributed by atoms with E-state index >= 15 is 0 Å². The van der Waals surface area contributed by atoms with Crippen molar-refractivity contribution in [2.24, 2.45) is 50.5 Å². The average molecular weight is 1060 g/mol. The number of aromatic amines is 1. The molecule has 2 heterocycles. The number of hydrogen-bond donors (Lipinski definition) is 12. The third-order valence-electron chi connectivity index (χ3n) is 12.8. The predicted octanol–water partition coefficient (Wildman–Crippen LogP) is 0.0978. The number of halogens is 1. The van der Waals surface area contributed by atoms with Crippen LogP contribution in [0.3, 0.4) is 0 Å². The number of hydrogen-bond acceptors (Lipinski definition) is 12. The maximum absolute atomic E-state index is 14.7. The van der Waals surface area contributed by atoms with Gasteiger partial charge < -0.3 is 65.3 Å². The maximum Gasteiger partial charge on any atom is 0.245 e. The van der Waals surface area contributed by atoms with Gasteiger partial charge in [0.05, 0.1) is 12.1 Å². The highest BCUT2D eigenvalue weighted by atomic mass is 35.5. The summed E-state index contributed by atoms with van der Waals surface area (Å²) in [7, 11) is 0. The molecule has 24 heteroatoms. The van der Waals surface area contributed by atoms with Crippen molar-refractivity contribution in [3.8, 4) is 0 Å². The van der Waals surface area contributed by atoms with Crippen molar-refractivity contribution < 1.29 is 48.3 Å². The van der Waals surface area contributed by atoms with Crippen molar-refractivity contribution in [3.05, 3.63) is 70.9 Å². The summed E-state index contributed by atoms with van der Waals surface area (Å²) in [5, 5.41) is 25.2. The fraction of sp³-hybridized carbons (Fsp3) is 0.510. The lowest BCUT2D eigenvalue weighted by Gasteiger charge is -2.28. The van der Waals surface area contributed by atoms with Crippen LogP contribution in [0, 0.1) is 11.8 Å². The van der Waals surface area contributed by atoms with Crippen LogP contribution in [0.4, 0.5) is 0 Å². The zero-order valence-corrected chi connectivity index (χ0v) is 43.2. The van der Waals surface area contributed by atoms with E-state index < -0.39 is 102 Å². The first kappa shape index (κ1) is 60.2. The Hall–Kier alpha value is -7.40. The third-order valence-corrected chi connectivity index (χ3v) is 13.0. The molecule has 0 unspecified atom stereocenters. The Kier molecular flexibility index (Phi) is 24.1. The summed E-state index contributed by atoms with van der Waals surface area (Å²) >= 11 is 6.34. The summed E-state index contributed by atoms with van der Waals surface area (Å²) in [5.74, 6) is -8.80. The Morgan fingerprint density at radius 1 is 0.787 bits per heavy atom. The molecule has 17 N–H and O–H groups in total. The molecular weight excluding hydrogens is 990 g/mol. The van der Waals surface area contributed by atoms with E-state index in [9.17, 15) is 48.3 Å². The molecule has 75 heavy (non-hydrogen) atoms. The van der Waals surface area contributed by atoms with Crippen molar-refractivity contribution in [2.45, 2.75) is 140 Å². The first-order chi connectivity index (χ1) is 35.6. The summed E-state index contributed by atoms with van der Waals surface area (Å²) in [6, 6.07) is 6.86. The second kappa shape index (κ2) is 30.1. The van der Waals surface area contributed by atoms with E-state index in [1.807, 2.05) is 24.3 Å². The number of ketones is 3. The molecule has 2 aromatic carbocycles. The smallest absolute Gasteiger partial charge is 0.245 e. The van der Waals surface area contributed by atoms with Crippen molar-refractivity contribution in [1.29, 1.82) is 0 Å². The van der Waals surface area contributed by atoms with Crippen molar-refractivity contribution in [2.75, 3.05) is 13.1 Å². The number of nitrogens with zero attached hydrogens (tertiary/aromatic N) is 2. The van der Waals surface area contributed by atoms with E-state index in [1.165, 1.54) is 13.8 Å². The first-order valence-electron chi connectivity index (χ1n) is 25.0. The lowest BCUT2D eigenvalue weighted by molar-refractivity contribution is -0.137. The van der Waals surface area contributed by atoms with Gasteiger partial charge in [-0.15, -0.1) is 0 Å². The normalized spacial score (nSPS) is 21.9. The minimum absolute atomic E-state index is 0.0363. The molecule has 408 valence electrons. The van der Waals surface area contributed by atoms with Crippen LogP contribution < -0.4 is 55.3 Å². The zero-order valence-electron chi connectivity index (χ0n) is 42.4. The Morgan fingerprint density at radius 3 is 2.15 bits per heavy atom. The molecule has 23 nitrogen and oxygen atoms in total. The summed E-state index contributed by atoms with van der Waals surface area (Å²) < 4.78 is 0. The number of Topliss-reactive ketones (excluding diaryl/α,β-unsaturated/α-hetero) is 3. The van der Waals surface area contributed by atoms with Crippen molar-refractivity contribution in [3.63, 3.8) is 0 Å². The van der Waals surface area contributed by atoms with Gasteiger partial charge >= 0.3 is 0 Å². The molecular formula is C51H72ClN13O10. The van der Waals surface area contributed by atoms with Gasteiger partial charge in [0.15, 0.2) is 17.7 Å². The Labute approximate surface area is 440 Å². The monoisotopic (exact) mass is 1060 g/mol. The van der Waals surface area contributed by atoms with E-state index in [0.29, 0.717) is 16.1 Å². The Bertz CT molecular complexity index is 2560. The van der Waals surface area contributed by atoms with Gasteiger partial charge in [-0.25, -0.2) is 0 Å². The first-order valence-corrected chi connectivity index (χ1v) is 25.4. The largest absolute Gasteiger partial charge is 0.391 e. The van der Waals surface area contributed by atoms with Gasteiger partial charge in [0.1, 0.15) is 35.7 Å². The molecule has 1 saturated heterocycles. The predicted molar refractivity (Wildman–Crippen MR) is 282 cm³/mol. The minimum atomic E-state index is -1.74.